The Bertz CT molecular complexity index is 634. The maximum atomic E-state index is 11.4. The molecule has 0 heterocycles. The molecule has 100 valence electrons. The van der Waals surface area contributed by atoms with Crippen LogP contribution >= 0.6 is 0 Å². The van der Waals surface area contributed by atoms with Crippen molar-refractivity contribution < 1.29 is 9.53 Å². The summed E-state index contributed by atoms with van der Waals surface area (Å²) in [6.45, 7) is 8.90. The van der Waals surface area contributed by atoms with Gasteiger partial charge >= 0.3 is 5.97 Å². The zero-order valence-corrected chi connectivity index (χ0v) is 11.4. The lowest BCUT2D eigenvalue weighted by molar-refractivity contribution is -0.130. The molecule has 0 aliphatic heterocycles. The molecule has 0 fully saturated rings. The molecule has 0 atom stereocenters. The topological polar surface area (TPSA) is 26.3 Å². The number of esters is 1. The van der Waals surface area contributed by atoms with Gasteiger partial charge in [0.2, 0.25) is 0 Å². The van der Waals surface area contributed by atoms with Crippen LogP contribution in [0.4, 0.5) is 0 Å². The molecule has 0 aromatic heterocycles. The molecule has 0 aliphatic carbocycles. The second-order valence-electron chi connectivity index (χ2n) is 4.52. The van der Waals surface area contributed by atoms with Gasteiger partial charge in [-0.3, -0.25) is 0 Å². The normalized spacial score (nSPS) is 9.85. The highest BCUT2D eigenvalue weighted by Crippen LogP contribution is 2.23. The number of hydrogen-bond acceptors (Lipinski definition) is 2. The Balaban J connectivity index is 2.16. The van der Waals surface area contributed by atoms with Crippen molar-refractivity contribution in [3.8, 4) is 16.9 Å². The molecule has 20 heavy (non-hydrogen) atoms. The van der Waals surface area contributed by atoms with Gasteiger partial charge in [0.25, 0.3) is 0 Å². The van der Waals surface area contributed by atoms with E-state index in [9.17, 15) is 4.79 Å². The van der Waals surface area contributed by atoms with Crippen molar-refractivity contribution in [2.45, 2.75) is 6.92 Å². The lowest BCUT2D eigenvalue weighted by Crippen LogP contribution is -2.07. The van der Waals surface area contributed by atoms with E-state index in [1.807, 2.05) is 42.5 Å². The molecule has 0 amide bonds. The second-order valence-corrected chi connectivity index (χ2v) is 4.52. The number of carbonyl (C=O) groups is 1. The first kappa shape index (κ1) is 13.8. The van der Waals surface area contributed by atoms with Crippen LogP contribution in [-0.4, -0.2) is 5.97 Å². The third-order valence-corrected chi connectivity index (χ3v) is 2.89. The molecule has 0 saturated heterocycles. The van der Waals surface area contributed by atoms with Gasteiger partial charge in [-0.25, -0.2) is 4.79 Å². The maximum Gasteiger partial charge on any atom is 0.338 e. The molecule has 0 spiro atoms. The van der Waals surface area contributed by atoms with Crippen molar-refractivity contribution in [3.63, 3.8) is 0 Å². The van der Waals surface area contributed by atoms with Crippen molar-refractivity contribution in [2.75, 3.05) is 0 Å². The predicted molar refractivity (Wildman–Crippen MR) is 82.4 cm³/mol. The predicted octanol–water partition coefficient (Wildman–Crippen LogP) is 4.48. The van der Waals surface area contributed by atoms with Crippen LogP contribution in [0.25, 0.3) is 17.2 Å². The molecule has 0 aliphatic rings. The van der Waals surface area contributed by atoms with Crippen molar-refractivity contribution in [2.24, 2.45) is 0 Å². The van der Waals surface area contributed by atoms with E-state index in [1.165, 1.54) is 0 Å². The fourth-order valence-corrected chi connectivity index (χ4v) is 1.72. The van der Waals surface area contributed by atoms with Gasteiger partial charge in [-0.15, -0.1) is 0 Å². The van der Waals surface area contributed by atoms with Gasteiger partial charge in [0.05, 0.1) is 0 Å². The van der Waals surface area contributed by atoms with Gasteiger partial charge < -0.3 is 4.74 Å². The molecule has 0 radical (unpaired) electrons. The Morgan fingerprint density at radius 3 is 1.95 bits per heavy atom. The minimum atomic E-state index is -0.409. The monoisotopic (exact) mass is 264 g/mol. The highest BCUT2D eigenvalue weighted by Gasteiger charge is 2.05. The van der Waals surface area contributed by atoms with E-state index in [2.05, 4.69) is 13.2 Å². The van der Waals surface area contributed by atoms with Crippen LogP contribution in [0.5, 0.6) is 5.75 Å². The van der Waals surface area contributed by atoms with Gasteiger partial charge in [0, 0.05) is 5.57 Å². The van der Waals surface area contributed by atoms with E-state index in [0.717, 1.165) is 16.7 Å². The third kappa shape index (κ3) is 3.23. The van der Waals surface area contributed by atoms with Crippen LogP contribution in [0.15, 0.2) is 67.3 Å². The van der Waals surface area contributed by atoms with E-state index >= 15 is 0 Å². The molecule has 0 N–H and O–H groups in total. The summed E-state index contributed by atoms with van der Waals surface area (Å²) < 4.78 is 5.15. The van der Waals surface area contributed by atoms with E-state index < -0.39 is 5.97 Å². The summed E-state index contributed by atoms with van der Waals surface area (Å²) in [7, 11) is 0. The SMILES string of the molecule is C=Cc1ccc(-c2ccc(OC(=O)C(=C)C)cc2)cc1. The summed E-state index contributed by atoms with van der Waals surface area (Å²) in [5, 5.41) is 0. The van der Waals surface area contributed by atoms with Crippen LogP contribution in [0.3, 0.4) is 0 Å². The number of hydrogen-bond donors (Lipinski definition) is 0. The van der Waals surface area contributed by atoms with Crippen molar-refractivity contribution in [3.05, 3.63) is 72.8 Å². The minimum Gasteiger partial charge on any atom is -0.423 e. The van der Waals surface area contributed by atoms with Crippen molar-refractivity contribution in [1.29, 1.82) is 0 Å². The van der Waals surface area contributed by atoms with Crippen LogP contribution < -0.4 is 4.74 Å². The first-order valence-electron chi connectivity index (χ1n) is 6.31. The van der Waals surface area contributed by atoms with Gasteiger partial charge in [-0.1, -0.05) is 55.6 Å². The molecule has 0 bridgehead atoms. The lowest BCUT2D eigenvalue weighted by Gasteiger charge is -2.06. The Morgan fingerprint density at radius 1 is 1.00 bits per heavy atom. The Kier molecular flexibility index (Phi) is 4.16. The molecular weight excluding hydrogens is 248 g/mol. The zero-order chi connectivity index (χ0) is 14.5. The summed E-state index contributed by atoms with van der Waals surface area (Å²) in [6.07, 6.45) is 1.81. The third-order valence-electron chi connectivity index (χ3n) is 2.89. The van der Waals surface area contributed by atoms with Crippen LogP contribution in [0, 0.1) is 0 Å². The number of ether oxygens (including phenoxy) is 1. The summed E-state index contributed by atoms with van der Waals surface area (Å²) >= 11 is 0. The van der Waals surface area contributed by atoms with E-state index in [1.54, 1.807) is 19.1 Å². The Morgan fingerprint density at radius 2 is 1.50 bits per heavy atom. The molecule has 0 saturated carbocycles. The maximum absolute atomic E-state index is 11.4. The van der Waals surface area contributed by atoms with Gasteiger partial charge in [-0.2, -0.15) is 0 Å². The lowest BCUT2D eigenvalue weighted by atomic mass is 10.0. The van der Waals surface area contributed by atoms with Gasteiger partial charge in [0.1, 0.15) is 5.75 Å². The summed E-state index contributed by atoms with van der Waals surface area (Å²) in [5.41, 5.74) is 3.64. The van der Waals surface area contributed by atoms with E-state index in [0.29, 0.717) is 11.3 Å². The van der Waals surface area contributed by atoms with Gasteiger partial charge in [-0.05, 0) is 35.7 Å². The van der Waals surface area contributed by atoms with Crippen LogP contribution in [0.2, 0.25) is 0 Å². The standard InChI is InChI=1S/C18H16O2/c1-4-14-5-7-15(8-6-14)16-9-11-17(12-10-16)20-18(19)13(2)3/h4-12H,1-2H2,3H3. The number of benzene rings is 2. The molecule has 0 unspecified atom stereocenters. The number of rotatable bonds is 4. The first-order valence-corrected chi connectivity index (χ1v) is 6.31. The highest BCUT2D eigenvalue weighted by molar-refractivity contribution is 5.88. The smallest absolute Gasteiger partial charge is 0.338 e. The van der Waals surface area contributed by atoms with Crippen LogP contribution in [0.1, 0.15) is 12.5 Å². The molecule has 2 aromatic rings. The molecule has 2 nitrogen and oxygen atoms in total. The largest absolute Gasteiger partial charge is 0.423 e. The average Bonchev–Trinajstić information content (AvgIpc) is 2.48. The van der Waals surface area contributed by atoms with Crippen molar-refractivity contribution >= 4 is 12.0 Å². The average molecular weight is 264 g/mol. The Hall–Kier alpha value is -2.61. The van der Waals surface area contributed by atoms with E-state index in [4.69, 9.17) is 4.74 Å². The first-order chi connectivity index (χ1) is 9.60. The Labute approximate surface area is 119 Å². The fourth-order valence-electron chi connectivity index (χ4n) is 1.72. The summed E-state index contributed by atoms with van der Waals surface area (Å²) in [6, 6.07) is 15.5. The second kappa shape index (κ2) is 6.02. The molecular formula is C18H16O2. The summed E-state index contributed by atoms with van der Waals surface area (Å²) in [5.74, 6) is 0.109. The molecule has 2 rings (SSSR count). The van der Waals surface area contributed by atoms with Crippen molar-refractivity contribution in [1.82, 2.24) is 0 Å². The molecule has 2 aromatic carbocycles. The van der Waals surface area contributed by atoms with Gasteiger partial charge in [0.15, 0.2) is 0 Å². The highest BCUT2D eigenvalue weighted by atomic mass is 16.5. The van der Waals surface area contributed by atoms with Crippen LogP contribution in [-0.2, 0) is 4.79 Å². The molecule has 2 heteroatoms. The number of carbonyl (C=O) groups excluding carboxylic acids is 1. The fraction of sp³-hybridized carbons (Fsp3) is 0.0556. The summed E-state index contributed by atoms with van der Waals surface area (Å²) in [4.78, 5) is 11.4. The quantitative estimate of drug-likeness (QED) is 0.462. The minimum absolute atomic E-state index is 0.383. The zero-order valence-electron chi connectivity index (χ0n) is 11.4. The van der Waals surface area contributed by atoms with E-state index in [-0.39, 0.29) is 0 Å².